The quantitative estimate of drug-likeness (QED) is 0.505. The van der Waals surface area contributed by atoms with Crippen LogP contribution >= 0.6 is 22.6 Å². The van der Waals surface area contributed by atoms with Gasteiger partial charge in [-0.2, -0.15) is 0 Å². The summed E-state index contributed by atoms with van der Waals surface area (Å²) >= 11 is 2.54. The van der Waals surface area contributed by atoms with Crippen molar-refractivity contribution in [2.45, 2.75) is 72.1 Å². The van der Waals surface area contributed by atoms with E-state index in [1.54, 1.807) is 11.1 Å². The molecule has 0 N–H and O–H groups in total. The number of hydrogen-bond donors (Lipinski definition) is 0. The highest BCUT2D eigenvalue weighted by Gasteiger charge is 2.08. The molecule has 18 heavy (non-hydrogen) atoms. The zero-order chi connectivity index (χ0) is 13.4. The summed E-state index contributed by atoms with van der Waals surface area (Å²) in [6.07, 6.45) is 10.2. The maximum absolute atomic E-state index is 2.54. The number of aryl methyl sites for hydroxylation is 2. The van der Waals surface area contributed by atoms with E-state index >= 15 is 0 Å². The van der Waals surface area contributed by atoms with Crippen molar-refractivity contribution in [3.05, 3.63) is 32.4 Å². The predicted molar refractivity (Wildman–Crippen MR) is 90.4 cm³/mol. The highest BCUT2D eigenvalue weighted by atomic mass is 127. The Morgan fingerprint density at radius 1 is 0.833 bits per heavy atom. The fourth-order valence-electron chi connectivity index (χ4n) is 2.41. The third-order valence-corrected chi connectivity index (χ3v) is 4.43. The summed E-state index contributed by atoms with van der Waals surface area (Å²) in [5.74, 6) is 0. The second-order valence-corrected chi connectivity index (χ2v) is 6.33. The smallest absolute Gasteiger partial charge is 0.0167 e. The lowest BCUT2D eigenvalue weighted by Crippen LogP contribution is -2.01. The first-order valence-corrected chi connectivity index (χ1v) is 8.60. The van der Waals surface area contributed by atoms with Gasteiger partial charge in [0.15, 0.2) is 0 Å². The fourth-order valence-corrected chi connectivity index (χ4v) is 3.43. The predicted octanol–water partition coefficient (Wildman–Crippen LogP) is 5.93. The van der Waals surface area contributed by atoms with E-state index in [2.05, 4.69) is 55.5 Å². The van der Waals surface area contributed by atoms with E-state index in [4.69, 9.17) is 0 Å². The molecule has 0 aliphatic rings. The minimum Gasteiger partial charge on any atom is -0.0654 e. The van der Waals surface area contributed by atoms with Crippen LogP contribution in [-0.4, -0.2) is 0 Å². The minimum absolute atomic E-state index is 1.23. The highest BCUT2D eigenvalue weighted by molar-refractivity contribution is 14.1. The van der Waals surface area contributed by atoms with Crippen molar-refractivity contribution in [1.29, 1.82) is 0 Å². The normalized spacial score (nSPS) is 10.9. The standard InChI is InChI=1S/C17H27I/c1-4-7-10-15-12-14(9-6-3)13-17(18)16(15)11-8-5-2/h12-13H,4-11H2,1-3H3. The van der Waals surface area contributed by atoms with Crippen LogP contribution in [0.15, 0.2) is 12.1 Å². The van der Waals surface area contributed by atoms with Crippen molar-refractivity contribution < 1.29 is 0 Å². The molecular weight excluding hydrogens is 331 g/mol. The van der Waals surface area contributed by atoms with Gasteiger partial charge in [-0.25, -0.2) is 0 Å². The minimum atomic E-state index is 1.23. The van der Waals surface area contributed by atoms with E-state index in [-0.39, 0.29) is 0 Å². The fraction of sp³-hybridized carbons (Fsp3) is 0.647. The Morgan fingerprint density at radius 3 is 2.11 bits per heavy atom. The second-order valence-electron chi connectivity index (χ2n) is 5.17. The first kappa shape index (κ1) is 16.0. The monoisotopic (exact) mass is 358 g/mol. The SMILES string of the molecule is CCCCc1cc(CCC)cc(I)c1CCCC. The van der Waals surface area contributed by atoms with E-state index in [0.29, 0.717) is 0 Å². The van der Waals surface area contributed by atoms with Gasteiger partial charge in [-0.1, -0.05) is 46.1 Å². The lowest BCUT2D eigenvalue weighted by Gasteiger charge is -2.14. The van der Waals surface area contributed by atoms with Gasteiger partial charge in [0.1, 0.15) is 0 Å². The molecule has 0 aliphatic heterocycles. The largest absolute Gasteiger partial charge is 0.0654 e. The summed E-state index contributed by atoms with van der Waals surface area (Å²) in [5, 5.41) is 0. The van der Waals surface area contributed by atoms with Crippen LogP contribution in [0.3, 0.4) is 0 Å². The van der Waals surface area contributed by atoms with Gasteiger partial charge in [-0.3, -0.25) is 0 Å². The molecule has 0 nitrogen and oxygen atoms in total. The second kappa shape index (κ2) is 8.95. The Bertz CT molecular complexity index is 355. The number of halogens is 1. The average molecular weight is 358 g/mol. The Kier molecular flexibility index (Phi) is 7.96. The van der Waals surface area contributed by atoms with Crippen molar-refractivity contribution in [1.82, 2.24) is 0 Å². The van der Waals surface area contributed by atoms with Crippen molar-refractivity contribution in [3.8, 4) is 0 Å². The Hall–Kier alpha value is -0.0500. The molecule has 0 saturated heterocycles. The van der Waals surface area contributed by atoms with Crippen LogP contribution in [0.5, 0.6) is 0 Å². The molecule has 102 valence electrons. The molecule has 1 aromatic carbocycles. The zero-order valence-corrected chi connectivity index (χ0v) is 14.3. The number of unbranched alkanes of at least 4 members (excludes halogenated alkanes) is 2. The van der Waals surface area contributed by atoms with Crippen LogP contribution in [-0.2, 0) is 19.3 Å². The van der Waals surface area contributed by atoms with E-state index in [0.717, 1.165) is 0 Å². The first-order chi connectivity index (χ1) is 8.72. The van der Waals surface area contributed by atoms with Crippen LogP contribution < -0.4 is 0 Å². The third kappa shape index (κ3) is 4.91. The van der Waals surface area contributed by atoms with Crippen molar-refractivity contribution in [2.24, 2.45) is 0 Å². The molecule has 0 aromatic heterocycles. The van der Waals surface area contributed by atoms with E-state index in [9.17, 15) is 0 Å². The molecule has 0 bridgehead atoms. The Labute approximate surface area is 127 Å². The van der Waals surface area contributed by atoms with E-state index in [1.807, 2.05) is 0 Å². The molecule has 0 spiro atoms. The molecule has 0 fully saturated rings. The average Bonchev–Trinajstić information content (AvgIpc) is 2.35. The van der Waals surface area contributed by atoms with Gasteiger partial charge >= 0.3 is 0 Å². The number of hydrogen-bond acceptors (Lipinski definition) is 0. The molecule has 0 atom stereocenters. The van der Waals surface area contributed by atoms with Crippen molar-refractivity contribution in [2.75, 3.05) is 0 Å². The summed E-state index contributed by atoms with van der Waals surface area (Å²) in [4.78, 5) is 0. The van der Waals surface area contributed by atoms with Crippen LogP contribution in [0.25, 0.3) is 0 Å². The van der Waals surface area contributed by atoms with Crippen LogP contribution in [0.4, 0.5) is 0 Å². The van der Waals surface area contributed by atoms with E-state index in [1.165, 1.54) is 60.5 Å². The molecule has 0 amide bonds. The first-order valence-electron chi connectivity index (χ1n) is 7.53. The third-order valence-electron chi connectivity index (χ3n) is 3.47. The summed E-state index contributed by atoms with van der Waals surface area (Å²) in [5.41, 5.74) is 4.79. The summed E-state index contributed by atoms with van der Waals surface area (Å²) in [6.45, 7) is 6.83. The van der Waals surface area contributed by atoms with E-state index < -0.39 is 0 Å². The van der Waals surface area contributed by atoms with Crippen molar-refractivity contribution >= 4 is 22.6 Å². The number of rotatable bonds is 8. The van der Waals surface area contributed by atoms with Crippen LogP contribution in [0.2, 0.25) is 0 Å². The Morgan fingerprint density at radius 2 is 1.50 bits per heavy atom. The lowest BCUT2D eigenvalue weighted by atomic mass is 9.94. The maximum Gasteiger partial charge on any atom is 0.0167 e. The molecule has 0 saturated carbocycles. The molecule has 0 aliphatic carbocycles. The van der Waals surface area contributed by atoms with Gasteiger partial charge in [0.05, 0.1) is 0 Å². The van der Waals surface area contributed by atoms with Crippen LogP contribution in [0.1, 0.15) is 69.6 Å². The highest BCUT2D eigenvalue weighted by Crippen LogP contribution is 2.24. The molecule has 1 aromatic rings. The van der Waals surface area contributed by atoms with Gasteiger partial charge < -0.3 is 0 Å². The van der Waals surface area contributed by atoms with Gasteiger partial charge in [-0.15, -0.1) is 0 Å². The van der Waals surface area contributed by atoms with Gasteiger partial charge in [0.2, 0.25) is 0 Å². The number of benzene rings is 1. The molecule has 0 unspecified atom stereocenters. The summed E-state index contributed by atoms with van der Waals surface area (Å²) in [7, 11) is 0. The summed E-state index contributed by atoms with van der Waals surface area (Å²) < 4.78 is 1.50. The molecular formula is C17H27I. The molecule has 1 rings (SSSR count). The molecule has 0 radical (unpaired) electrons. The van der Waals surface area contributed by atoms with Gasteiger partial charge in [-0.05, 0) is 77.5 Å². The van der Waals surface area contributed by atoms with Gasteiger partial charge in [0, 0.05) is 3.57 Å². The van der Waals surface area contributed by atoms with Gasteiger partial charge in [0.25, 0.3) is 0 Å². The maximum atomic E-state index is 2.54. The lowest BCUT2D eigenvalue weighted by molar-refractivity contribution is 0.753. The molecule has 0 heterocycles. The topological polar surface area (TPSA) is 0 Å². The molecule has 1 heteroatoms. The zero-order valence-electron chi connectivity index (χ0n) is 12.2. The van der Waals surface area contributed by atoms with Crippen LogP contribution in [0, 0.1) is 3.57 Å². The Balaban J connectivity index is 2.96. The van der Waals surface area contributed by atoms with Crippen molar-refractivity contribution in [3.63, 3.8) is 0 Å². The summed E-state index contributed by atoms with van der Waals surface area (Å²) in [6, 6.07) is 4.89.